The second-order valence-corrected chi connectivity index (χ2v) is 5.34. The van der Waals surface area contributed by atoms with Gasteiger partial charge in [-0.2, -0.15) is 0 Å². The van der Waals surface area contributed by atoms with Gasteiger partial charge >= 0.3 is 5.97 Å². The molecule has 0 aliphatic rings. The lowest BCUT2D eigenvalue weighted by Gasteiger charge is -2.15. The summed E-state index contributed by atoms with van der Waals surface area (Å²) in [6.45, 7) is 1.97. The summed E-state index contributed by atoms with van der Waals surface area (Å²) in [5.74, 6) is -0.431. The molecule has 0 heterocycles. The van der Waals surface area contributed by atoms with Crippen LogP contribution in [-0.4, -0.2) is 26.0 Å². The second-order valence-electron chi connectivity index (χ2n) is 5.34. The Hall–Kier alpha value is -2.62. The van der Waals surface area contributed by atoms with Gasteiger partial charge in [-0.15, -0.1) is 0 Å². The van der Waals surface area contributed by atoms with E-state index in [4.69, 9.17) is 9.47 Å². The van der Waals surface area contributed by atoms with Gasteiger partial charge < -0.3 is 9.47 Å². The molecule has 0 radical (unpaired) electrons. The van der Waals surface area contributed by atoms with Gasteiger partial charge in [0.2, 0.25) is 0 Å². The Kier molecular flexibility index (Phi) is 5.52. The van der Waals surface area contributed by atoms with Gasteiger partial charge in [0.25, 0.3) is 0 Å². The summed E-state index contributed by atoms with van der Waals surface area (Å²) in [5.41, 5.74) is 2.43. The van der Waals surface area contributed by atoms with Crippen molar-refractivity contribution in [3.05, 3.63) is 65.2 Å². The van der Waals surface area contributed by atoms with Crippen LogP contribution in [0.25, 0.3) is 0 Å². The zero-order chi connectivity index (χ0) is 16.8. The van der Waals surface area contributed by atoms with Crippen LogP contribution in [0, 0.1) is 6.92 Å². The van der Waals surface area contributed by atoms with Crippen molar-refractivity contribution in [3.63, 3.8) is 0 Å². The number of ether oxygens (including phenoxy) is 2. The molecule has 0 aromatic heterocycles. The van der Waals surface area contributed by atoms with Gasteiger partial charge in [-0.3, -0.25) is 9.59 Å². The molecule has 23 heavy (non-hydrogen) atoms. The number of methoxy groups -OCH3 is 2. The third-order valence-electron chi connectivity index (χ3n) is 3.77. The number of esters is 1. The predicted octanol–water partition coefficient (Wildman–Crippen LogP) is 3.53. The number of hydrogen-bond acceptors (Lipinski definition) is 4. The standard InChI is InChI=1S/C19H20O4/c1-13-4-6-14(7-5-13)17(19(21)23-3)12-18(20)15-8-10-16(22-2)11-9-15/h4-11,17H,12H2,1-3H3. The van der Waals surface area contributed by atoms with Crippen molar-refractivity contribution < 1.29 is 19.1 Å². The Morgan fingerprint density at radius 2 is 1.57 bits per heavy atom. The Morgan fingerprint density at radius 3 is 2.09 bits per heavy atom. The first-order valence-corrected chi connectivity index (χ1v) is 7.36. The minimum absolute atomic E-state index is 0.0715. The third kappa shape index (κ3) is 4.19. The van der Waals surface area contributed by atoms with Crippen molar-refractivity contribution in [1.29, 1.82) is 0 Å². The van der Waals surface area contributed by atoms with Crippen LogP contribution in [0.4, 0.5) is 0 Å². The van der Waals surface area contributed by atoms with Crippen LogP contribution in [0.5, 0.6) is 5.75 Å². The molecule has 0 saturated carbocycles. The fraction of sp³-hybridized carbons (Fsp3) is 0.263. The lowest BCUT2D eigenvalue weighted by Crippen LogP contribution is -2.18. The molecule has 1 atom stereocenters. The first-order valence-electron chi connectivity index (χ1n) is 7.36. The van der Waals surface area contributed by atoms with E-state index in [1.807, 2.05) is 31.2 Å². The quantitative estimate of drug-likeness (QED) is 0.605. The van der Waals surface area contributed by atoms with Gasteiger partial charge in [0.15, 0.2) is 5.78 Å². The summed E-state index contributed by atoms with van der Waals surface area (Å²) in [6, 6.07) is 14.4. The van der Waals surface area contributed by atoms with E-state index in [1.54, 1.807) is 31.4 Å². The first-order chi connectivity index (χ1) is 11.0. The number of ketones is 1. The normalized spacial score (nSPS) is 11.6. The average molecular weight is 312 g/mol. The molecular formula is C19H20O4. The van der Waals surface area contributed by atoms with E-state index < -0.39 is 11.9 Å². The Balaban J connectivity index is 2.21. The lowest BCUT2D eigenvalue weighted by molar-refractivity contribution is -0.142. The highest BCUT2D eigenvalue weighted by Gasteiger charge is 2.25. The van der Waals surface area contributed by atoms with Crippen LogP contribution < -0.4 is 4.74 Å². The molecule has 0 fully saturated rings. The van der Waals surface area contributed by atoms with Crippen molar-refractivity contribution in [2.45, 2.75) is 19.3 Å². The minimum Gasteiger partial charge on any atom is -0.497 e. The molecule has 2 rings (SSSR count). The zero-order valence-electron chi connectivity index (χ0n) is 13.5. The van der Waals surface area contributed by atoms with E-state index in [9.17, 15) is 9.59 Å². The molecular weight excluding hydrogens is 292 g/mol. The SMILES string of the molecule is COC(=O)C(CC(=O)c1ccc(OC)cc1)c1ccc(C)cc1. The third-order valence-corrected chi connectivity index (χ3v) is 3.77. The van der Waals surface area contributed by atoms with Gasteiger partial charge in [0.1, 0.15) is 5.75 Å². The summed E-state index contributed by atoms with van der Waals surface area (Å²) in [4.78, 5) is 24.5. The zero-order valence-corrected chi connectivity index (χ0v) is 13.5. The maximum atomic E-state index is 12.5. The van der Waals surface area contributed by atoms with Crippen LogP contribution in [-0.2, 0) is 9.53 Å². The lowest BCUT2D eigenvalue weighted by atomic mass is 9.91. The molecule has 2 aromatic rings. The van der Waals surface area contributed by atoms with E-state index in [1.165, 1.54) is 7.11 Å². The molecule has 1 unspecified atom stereocenters. The highest BCUT2D eigenvalue weighted by Crippen LogP contribution is 2.24. The molecule has 0 aliphatic carbocycles. The fourth-order valence-electron chi connectivity index (χ4n) is 2.36. The van der Waals surface area contributed by atoms with E-state index in [-0.39, 0.29) is 12.2 Å². The van der Waals surface area contributed by atoms with Crippen molar-refractivity contribution in [2.75, 3.05) is 14.2 Å². The summed E-state index contributed by atoms with van der Waals surface area (Å²) in [6.07, 6.45) is 0.0715. The summed E-state index contributed by atoms with van der Waals surface area (Å²) >= 11 is 0. The van der Waals surface area contributed by atoms with Crippen molar-refractivity contribution in [3.8, 4) is 5.75 Å². The average Bonchev–Trinajstić information content (AvgIpc) is 2.59. The molecule has 0 bridgehead atoms. The number of hydrogen-bond donors (Lipinski definition) is 0. The first kappa shape index (κ1) is 16.7. The van der Waals surface area contributed by atoms with Crippen molar-refractivity contribution in [2.24, 2.45) is 0 Å². The molecule has 2 aromatic carbocycles. The van der Waals surface area contributed by atoms with Crippen LogP contribution >= 0.6 is 0 Å². The summed E-state index contributed by atoms with van der Waals surface area (Å²) < 4.78 is 9.94. The molecule has 4 heteroatoms. The van der Waals surface area contributed by atoms with Crippen LogP contribution in [0.2, 0.25) is 0 Å². The van der Waals surface area contributed by atoms with Gasteiger partial charge in [-0.05, 0) is 36.8 Å². The molecule has 0 N–H and O–H groups in total. The Labute approximate surface area is 136 Å². The van der Waals surface area contributed by atoms with Gasteiger partial charge in [-0.25, -0.2) is 0 Å². The van der Waals surface area contributed by atoms with Crippen LogP contribution in [0.1, 0.15) is 33.8 Å². The van der Waals surface area contributed by atoms with E-state index in [0.717, 1.165) is 11.1 Å². The van der Waals surface area contributed by atoms with Gasteiger partial charge in [-0.1, -0.05) is 29.8 Å². The highest BCUT2D eigenvalue weighted by atomic mass is 16.5. The summed E-state index contributed by atoms with van der Waals surface area (Å²) in [5, 5.41) is 0. The maximum absolute atomic E-state index is 12.5. The molecule has 0 amide bonds. The number of benzene rings is 2. The van der Waals surface area contributed by atoms with Gasteiger partial charge in [0.05, 0.1) is 20.1 Å². The highest BCUT2D eigenvalue weighted by molar-refractivity contribution is 5.99. The van der Waals surface area contributed by atoms with Gasteiger partial charge in [0, 0.05) is 12.0 Å². The van der Waals surface area contributed by atoms with E-state index >= 15 is 0 Å². The largest absolute Gasteiger partial charge is 0.497 e. The summed E-state index contributed by atoms with van der Waals surface area (Å²) in [7, 11) is 2.91. The van der Waals surface area contributed by atoms with E-state index in [0.29, 0.717) is 11.3 Å². The molecule has 4 nitrogen and oxygen atoms in total. The molecule has 0 aliphatic heterocycles. The minimum atomic E-state index is -0.602. The van der Waals surface area contributed by atoms with Crippen molar-refractivity contribution >= 4 is 11.8 Å². The van der Waals surface area contributed by atoms with Crippen molar-refractivity contribution in [1.82, 2.24) is 0 Å². The smallest absolute Gasteiger partial charge is 0.313 e. The number of carbonyl (C=O) groups excluding carboxylic acids is 2. The topological polar surface area (TPSA) is 52.6 Å². The number of rotatable bonds is 6. The van der Waals surface area contributed by atoms with E-state index in [2.05, 4.69) is 0 Å². The van der Waals surface area contributed by atoms with Crippen LogP contribution in [0.3, 0.4) is 0 Å². The molecule has 0 saturated heterocycles. The molecule has 0 spiro atoms. The fourth-order valence-corrected chi connectivity index (χ4v) is 2.36. The second kappa shape index (κ2) is 7.58. The maximum Gasteiger partial charge on any atom is 0.313 e. The molecule has 120 valence electrons. The monoisotopic (exact) mass is 312 g/mol. The Bertz CT molecular complexity index is 672. The number of aryl methyl sites for hydroxylation is 1. The predicted molar refractivity (Wildman–Crippen MR) is 87.9 cm³/mol. The number of carbonyl (C=O) groups is 2. The number of Topliss-reactive ketones (excluding diaryl/α,β-unsaturated/α-hetero) is 1. The van der Waals surface area contributed by atoms with Crippen LogP contribution in [0.15, 0.2) is 48.5 Å². The Morgan fingerprint density at radius 1 is 0.957 bits per heavy atom.